The number of carbonyl (C=O) groups is 2. The molecule has 1 aromatic carbocycles. The fraction of sp³-hybridized carbons (Fsp3) is 0.294. The number of nitrogens with zero attached hydrogens (tertiary/aromatic N) is 1. The summed E-state index contributed by atoms with van der Waals surface area (Å²) in [7, 11) is 1.90. The van der Waals surface area contributed by atoms with Gasteiger partial charge in [-0.3, -0.25) is 9.59 Å². The standard InChI is InChI=1S/C17H18N2O4/c1-3-10-13(18-16(21)12(15(10)20)17(22)23)11-6-4-5-9-7-8-19(2)14(9)11/h4-8,12,15,20H,3H2,1-2H3,(H,18,21)(H,22,23). The van der Waals surface area contributed by atoms with Gasteiger partial charge in [-0.25, -0.2) is 0 Å². The van der Waals surface area contributed by atoms with E-state index in [1.54, 1.807) is 0 Å². The van der Waals surface area contributed by atoms with Crippen LogP contribution in [0.25, 0.3) is 16.6 Å². The van der Waals surface area contributed by atoms with Crippen molar-refractivity contribution >= 4 is 28.5 Å². The Labute approximate surface area is 133 Å². The van der Waals surface area contributed by atoms with Crippen LogP contribution in [0.3, 0.4) is 0 Å². The maximum absolute atomic E-state index is 12.2. The van der Waals surface area contributed by atoms with Gasteiger partial charge < -0.3 is 20.1 Å². The number of aromatic nitrogens is 1. The Hall–Kier alpha value is -2.60. The van der Waals surface area contributed by atoms with Gasteiger partial charge in [0.05, 0.1) is 17.3 Å². The first-order valence-electron chi connectivity index (χ1n) is 7.45. The summed E-state index contributed by atoms with van der Waals surface area (Å²) in [5, 5.41) is 23.3. The van der Waals surface area contributed by atoms with Gasteiger partial charge in [0.15, 0.2) is 5.92 Å². The largest absolute Gasteiger partial charge is 0.481 e. The molecule has 0 saturated carbocycles. The minimum absolute atomic E-state index is 0.446. The summed E-state index contributed by atoms with van der Waals surface area (Å²) in [4.78, 5) is 23.4. The Morgan fingerprint density at radius 1 is 1.35 bits per heavy atom. The van der Waals surface area contributed by atoms with E-state index in [2.05, 4.69) is 5.32 Å². The van der Waals surface area contributed by atoms with Crippen LogP contribution in [-0.4, -0.2) is 32.8 Å². The van der Waals surface area contributed by atoms with Crippen LogP contribution >= 0.6 is 0 Å². The molecule has 1 aliphatic rings. The van der Waals surface area contributed by atoms with Gasteiger partial charge in [-0.15, -0.1) is 0 Å². The highest BCUT2D eigenvalue weighted by Gasteiger charge is 2.41. The molecule has 1 amide bonds. The number of aliphatic carboxylic acids is 1. The third-order valence-electron chi connectivity index (χ3n) is 4.34. The number of hydrogen-bond acceptors (Lipinski definition) is 3. The number of carboxylic acid groups (broad SMARTS) is 1. The maximum atomic E-state index is 12.2. The van der Waals surface area contributed by atoms with Crippen molar-refractivity contribution in [2.75, 3.05) is 0 Å². The molecule has 0 spiro atoms. The first-order valence-corrected chi connectivity index (χ1v) is 7.45. The summed E-state index contributed by atoms with van der Waals surface area (Å²) < 4.78 is 1.94. The molecule has 2 atom stereocenters. The van der Waals surface area contributed by atoms with Gasteiger partial charge in [-0.2, -0.15) is 0 Å². The van der Waals surface area contributed by atoms with Gasteiger partial charge in [0, 0.05) is 24.2 Å². The molecule has 0 saturated heterocycles. The first-order chi connectivity index (χ1) is 11.0. The van der Waals surface area contributed by atoms with Crippen molar-refractivity contribution in [3.05, 3.63) is 41.6 Å². The summed E-state index contributed by atoms with van der Waals surface area (Å²) >= 11 is 0. The zero-order chi connectivity index (χ0) is 16.7. The average Bonchev–Trinajstić information content (AvgIpc) is 2.88. The number of amides is 1. The van der Waals surface area contributed by atoms with Crippen LogP contribution in [-0.2, 0) is 16.6 Å². The number of hydrogen-bond donors (Lipinski definition) is 3. The first kappa shape index (κ1) is 15.3. The molecule has 23 heavy (non-hydrogen) atoms. The third-order valence-corrected chi connectivity index (χ3v) is 4.34. The normalized spacial score (nSPS) is 21.6. The molecule has 2 heterocycles. The zero-order valence-corrected chi connectivity index (χ0v) is 12.9. The highest BCUT2D eigenvalue weighted by molar-refractivity contribution is 6.06. The molecule has 2 unspecified atom stereocenters. The van der Waals surface area contributed by atoms with Gasteiger partial charge >= 0.3 is 5.97 Å². The van der Waals surface area contributed by atoms with Crippen molar-refractivity contribution in [2.24, 2.45) is 13.0 Å². The van der Waals surface area contributed by atoms with Gasteiger partial charge in [0.25, 0.3) is 0 Å². The van der Waals surface area contributed by atoms with Crippen LogP contribution in [0.4, 0.5) is 0 Å². The summed E-state index contributed by atoms with van der Waals surface area (Å²) in [5.41, 5.74) is 2.75. The Balaban J connectivity index is 2.24. The summed E-state index contributed by atoms with van der Waals surface area (Å²) in [5.74, 6) is -3.48. The fourth-order valence-corrected chi connectivity index (χ4v) is 3.20. The molecule has 3 rings (SSSR count). The SMILES string of the molecule is CCC1=C(c2cccc3ccn(C)c23)NC(=O)C(C(=O)O)C1O. The quantitative estimate of drug-likeness (QED) is 0.749. The zero-order valence-electron chi connectivity index (χ0n) is 12.9. The van der Waals surface area contributed by atoms with E-state index in [4.69, 9.17) is 0 Å². The number of nitrogens with one attached hydrogen (secondary N) is 1. The van der Waals surface area contributed by atoms with Crippen molar-refractivity contribution in [1.82, 2.24) is 9.88 Å². The number of rotatable bonds is 3. The Morgan fingerprint density at radius 2 is 2.09 bits per heavy atom. The van der Waals surface area contributed by atoms with Crippen molar-refractivity contribution in [2.45, 2.75) is 19.4 Å². The fourth-order valence-electron chi connectivity index (χ4n) is 3.20. The Morgan fingerprint density at radius 3 is 2.74 bits per heavy atom. The highest BCUT2D eigenvalue weighted by Crippen LogP contribution is 2.33. The van der Waals surface area contributed by atoms with Crippen LogP contribution < -0.4 is 5.32 Å². The van der Waals surface area contributed by atoms with Crippen LogP contribution in [0.2, 0.25) is 0 Å². The number of fused-ring (bicyclic) bond motifs is 1. The van der Waals surface area contributed by atoms with Crippen LogP contribution in [0.15, 0.2) is 36.0 Å². The van der Waals surface area contributed by atoms with E-state index in [9.17, 15) is 19.8 Å². The lowest BCUT2D eigenvalue weighted by Crippen LogP contribution is -2.47. The lowest BCUT2D eigenvalue weighted by Gasteiger charge is -2.30. The summed E-state index contributed by atoms with van der Waals surface area (Å²) in [6, 6.07) is 7.67. The maximum Gasteiger partial charge on any atom is 0.319 e. The number of aliphatic hydroxyl groups is 1. The molecular weight excluding hydrogens is 296 g/mol. The minimum atomic E-state index is -1.47. The molecule has 0 aliphatic carbocycles. The van der Waals surface area contributed by atoms with Crippen molar-refractivity contribution in [3.8, 4) is 0 Å². The van der Waals surface area contributed by atoms with Crippen LogP contribution in [0, 0.1) is 5.92 Å². The molecule has 1 aliphatic heterocycles. The number of carbonyl (C=O) groups excluding carboxylic acids is 1. The molecule has 0 bridgehead atoms. The van der Waals surface area contributed by atoms with E-state index in [1.807, 2.05) is 49.0 Å². The third kappa shape index (κ3) is 2.31. The second-order valence-electron chi connectivity index (χ2n) is 5.67. The molecular formula is C17H18N2O4. The van der Waals surface area contributed by atoms with E-state index >= 15 is 0 Å². The van der Waals surface area contributed by atoms with E-state index in [0.717, 1.165) is 16.5 Å². The predicted octanol–water partition coefficient (Wildman–Crippen LogP) is 1.49. The minimum Gasteiger partial charge on any atom is -0.481 e. The topological polar surface area (TPSA) is 91.6 Å². The second-order valence-corrected chi connectivity index (χ2v) is 5.67. The Kier molecular flexibility index (Phi) is 3.69. The van der Waals surface area contributed by atoms with Gasteiger partial charge in [-0.05, 0) is 18.1 Å². The van der Waals surface area contributed by atoms with Crippen molar-refractivity contribution in [3.63, 3.8) is 0 Å². The molecule has 120 valence electrons. The lowest BCUT2D eigenvalue weighted by atomic mass is 9.86. The van der Waals surface area contributed by atoms with Crippen molar-refractivity contribution in [1.29, 1.82) is 0 Å². The highest BCUT2D eigenvalue weighted by atomic mass is 16.4. The number of benzene rings is 1. The van der Waals surface area contributed by atoms with E-state index in [1.165, 1.54) is 0 Å². The second kappa shape index (κ2) is 5.55. The molecule has 3 N–H and O–H groups in total. The molecule has 0 radical (unpaired) electrons. The molecule has 6 nitrogen and oxygen atoms in total. The van der Waals surface area contributed by atoms with Gasteiger partial charge in [0.2, 0.25) is 5.91 Å². The number of aryl methyl sites for hydroxylation is 1. The van der Waals surface area contributed by atoms with Gasteiger partial charge in [0.1, 0.15) is 0 Å². The smallest absolute Gasteiger partial charge is 0.319 e. The average molecular weight is 314 g/mol. The van der Waals surface area contributed by atoms with Crippen LogP contribution in [0.5, 0.6) is 0 Å². The molecule has 6 heteroatoms. The number of aliphatic hydroxyl groups excluding tert-OH is 1. The summed E-state index contributed by atoms with van der Waals surface area (Å²) in [6.45, 7) is 1.83. The van der Waals surface area contributed by atoms with E-state index in [0.29, 0.717) is 17.7 Å². The monoisotopic (exact) mass is 314 g/mol. The van der Waals surface area contributed by atoms with E-state index in [-0.39, 0.29) is 0 Å². The molecule has 0 fully saturated rings. The lowest BCUT2D eigenvalue weighted by molar-refractivity contribution is -0.150. The molecule has 2 aromatic rings. The Bertz CT molecular complexity index is 834. The molecule has 1 aromatic heterocycles. The summed E-state index contributed by atoms with van der Waals surface area (Å²) in [6.07, 6.45) is 1.04. The van der Waals surface area contributed by atoms with Crippen LogP contribution in [0.1, 0.15) is 18.9 Å². The number of carboxylic acids is 1. The van der Waals surface area contributed by atoms with Crippen molar-refractivity contribution < 1.29 is 19.8 Å². The predicted molar refractivity (Wildman–Crippen MR) is 85.4 cm³/mol. The van der Waals surface area contributed by atoms with Gasteiger partial charge in [-0.1, -0.05) is 25.1 Å². The number of para-hydroxylation sites is 1. The van der Waals surface area contributed by atoms with E-state index < -0.39 is 23.9 Å².